The van der Waals surface area contributed by atoms with Crippen LogP contribution in [0.5, 0.6) is 0 Å². The number of nitrogens with zero attached hydrogens (tertiary/aromatic N) is 1. The van der Waals surface area contributed by atoms with Crippen molar-refractivity contribution in [2.45, 2.75) is 57.3 Å². The lowest BCUT2D eigenvalue weighted by molar-refractivity contribution is -0.171. The first kappa shape index (κ1) is 15.1. The molecule has 1 saturated carbocycles. The minimum absolute atomic E-state index is 0.00712. The third-order valence-electron chi connectivity index (χ3n) is 4.26. The minimum atomic E-state index is -0.860. The fraction of sp³-hybridized carbons (Fsp3) is 0.857. The fourth-order valence-electron chi connectivity index (χ4n) is 3.38. The molecule has 0 aromatic rings. The largest absolute Gasteiger partial charge is 0.481 e. The Hall–Kier alpha value is -1.30. The molecular weight excluding hydrogens is 262 g/mol. The number of amides is 1. The van der Waals surface area contributed by atoms with E-state index in [0.717, 1.165) is 6.42 Å². The summed E-state index contributed by atoms with van der Waals surface area (Å²) in [5, 5.41) is 9.01. The monoisotopic (exact) mass is 285 g/mol. The molecule has 6 heteroatoms. The van der Waals surface area contributed by atoms with Crippen LogP contribution in [0.1, 0.15) is 40.0 Å². The maximum atomic E-state index is 12.1. The van der Waals surface area contributed by atoms with Gasteiger partial charge in [0.15, 0.2) is 0 Å². The van der Waals surface area contributed by atoms with E-state index < -0.39 is 17.2 Å². The molecule has 3 atom stereocenters. The van der Waals surface area contributed by atoms with Crippen LogP contribution in [-0.4, -0.2) is 53.0 Å². The quantitative estimate of drug-likeness (QED) is 0.856. The second kappa shape index (κ2) is 4.91. The maximum absolute atomic E-state index is 12.1. The lowest BCUT2D eigenvalue weighted by Crippen LogP contribution is -2.61. The van der Waals surface area contributed by atoms with Gasteiger partial charge >= 0.3 is 12.1 Å². The molecule has 0 spiro atoms. The zero-order chi connectivity index (χ0) is 15.1. The number of hydrogen-bond acceptors (Lipinski definition) is 4. The summed E-state index contributed by atoms with van der Waals surface area (Å²) in [4.78, 5) is 24.8. The number of fused-ring (bicyclic) bond motifs is 1. The van der Waals surface area contributed by atoms with Crippen LogP contribution in [0.3, 0.4) is 0 Å². The summed E-state index contributed by atoms with van der Waals surface area (Å²) in [5.74, 6) is -0.767. The molecule has 1 amide bonds. The Bertz CT molecular complexity index is 416. The Morgan fingerprint density at radius 3 is 2.55 bits per heavy atom. The van der Waals surface area contributed by atoms with Crippen molar-refractivity contribution in [1.82, 2.24) is 4.90 Å². The van der Waals surface area contributed by atoms with E-state index in [1.165, 1.54) is 0 Å². The number of likely N-dealkylation sites (tertiary alicyclic amines) is 1. The molecule has 6 nitrogen and oxygen atoms in total. The molecule has 2 fully saturated rings. The number of rotatable bonds is 3. The molecule has 1 N–H and O–H groups in total. The summed E-state index contributed by atoms with van der Waals surface area (Å²) in [6, 6.07) is 0.0455. The zero-order valence-corrected chi connectivity index (χ0v) is 12.5. The molecule has 114 valence electrons. The molecule has 1 heterocycles. The van der Waals surface area contributed by atoms with Gasteiger partial charge in [-0.3, -0.25) is 4.79 Å². The fourth-order valence-corrected chi connectivity index (χ4v) is 3.38. The van der Waals surface area contributed by atoms with Crippen molar-refractivity contribution < 1.29 is 24.2 Å². The predicted octanol–water partition coefficient (Wildman–Crippen LogP) is 1.88. The molecule has 0 radical (unpaired) electrons. The summed E-state index contributed by atoms with van der Waals surface area (Å²) in [6.07, 6.45) is 1.02. The van der Waals surface area contributed by atoms with Crippen molar-refractivity contribution in [2.75, 3.05) is 13.7 Å². The van der Waals surface area contributed by atoms with Crippen LogP contribution < -0.4 is 0 Å². The van der Waals surface area contributed by atoms with E-state index in [9.17, 15) is 9.59 Å². The number of hydrogen-bond donors (Lipinski definition) is 1. The summed E-state index contributed by atoms with van der Waals surface area (Å²) < 4.78 is 10.9. The standard InChI is InChI=1S/C14H23NO5/c1-13(2,3)20-12(18)15-6-5-9-10(15)7-14(9,19-4)8-11(16)17/h9-10H,5-8H2,1-4H3,(H,16,17)/t9-,10-,14+/m0/s1. The van der Waals surface area contributed by atoms with Gasteiger partial charge < -0.3 is 19.5 Å². The first-order chi connectivity index (χ1) is 9.18. The van der Waals surface area contributed by atoms with Gasteiger partial charge in [-0.25, -0.2) is 4.79 Å². The highest BCUT2D eigenvalue weighted by molar-refractivity contribution is 5.71. The average Bonchev–Trinajstić information content (AvgIpc) is 2.62. The van der Waals surface area contributed by atoms with Crippen molar-refractivity contribution >= 4 is 12.1 Å². The Morgan fingerprint density at radius 2 is 2.05 bits per heavy atom. The van der Waals surface area contributed by atoms with Crippen molar-refractivity contribution in [3.63, 3.8) is 0 Å². The SMILES string of the molecule is CO[C@@]1(CC(=O)O)C[C@H]2[C@@H]1CCN2C(=O)OC(C)(C)C. The van der Waals surface area contributed by atoms with Gasteiger partial charge in [-0.2, -0.15) is 0 Å². The Labute approximate surface area is 119 Å². The summed E-state index contributed by atoms with van der Waals surface area (Å²) in [5.41, 5.74) is -1.13. The van der Waals surface area contributed by atoms with Crippen LogP contribution in [0.25, 0.3) is 0 Å². The molecule has 0 unspecified atom stereocenters. The van der Waals surface area contributed by atoms with E-state index in [1.807, 2.05) is 20.8 Å². The molecule has 1 aliphatic carbocycles. The molecule has 20 heavy (non-hydrogen) atoms. The van der Waals surface area contributed by atoms with Crippen LogP contribution >= 0.6 is 0 Å². The normalized spacial score (nSPS) is 32.5. The average molecular weight is 285 g/mol. The number of carboxylic acid groups (broad SMARTS) is 1. The zero-order valence-electron chi connectivity index (χ0n) is 12.5. The number of carboxylic acids is 1. The smallest absolute Gasteiger partial charge is 0.410 e. The van der Waals surface area contributed by atoms with Crippen molar-refractivity contribution in [1.29, 1.82) is 0 Å². The topological polar surface area (TPSA) is 76.1 Å². The molecule has 0 aromatic heterocycles. The summed E-state index contributed by atoms with van der Waals surface area (Å²) in [7, 11) is 1.55. The molecule has 0 bridgehead atoms. The molecular formula is C14H23NO5. The molecule has 1 aliphatic heterocycles. The third-order valence-corrected chi connectivity index (χ3v) is 4.26. The van der Waals surface area contributed by atoms with Crippen molar-refractivity contribution in [3.8, 4) is 0 Å². The van der Waals surface area contributed by atoms with Gasteiger partial charge in [-0.1, -0.05) is 0 Å². The first-order valence-corrected chi connectivity index (χ1v) is 6.95. The molecule has 2 aliphatic rings. The van der Waals surface area contributed by atoms with E-state index in [2.05, 4.69) is 0 Å². The number of aliphatic carboxylic acids is 1. The molecule has 1 saturated heterocycles. The van der Waals surface area contributed by atoms with Gasteiger partial charge in [-0.05, 0) is 33.6 Å². The Balaban J connectivity index is 2.02. The first-order valence-electron chi connectivity index (χ1n) is 6.95. The number of carbonyl (C=O) groups is 2. The van der Waals surface area contributed by atoms with Gasteiger partial charge in [0.1, 0.15) is 5.60 Å². The van der Waals surface area contributed by atoms with Crippen LogP contribution in [0.15, 0.2) is 0 Å². The second-order valence-electron chi connectivity index (χ2n) is 6.68. The van der Waals surface area contributed by atoms with E-state index in [-0.39, 0.29) is 24.5 Å². The lowest BCUT2D eigenvalue weighted by Gasteiger charge is -2.52. The maximum Gasteiger partial charge on any atom is 0.410 e. The Morgan fingerprint density at radius 1 is 1.40 bits per heavy atom. The van der Waals surface area contributed by atoms with Gasteiger partial charge in [0.2, 0.25) is 0 Å². The van der Waals surface area contributed by atoms with Crippen LogP contribution in [0.4, 0.5) is 4.79 Å². The number of methoxy groups -OCH3 is 1. The van der Waals surface area contributed by atoms with Crippen molar-refractivity contribution in [2.24, 2.45) is 5.92 Å². The second-order valence-corrected chi connectivity index (χ2v) is 6.68. The molecule has 0 aromatic carbocycles. The number of ether oxygens (including phenoxy) is 2. The number of carbonyl (C=O) groups excluding carboxylic acids is 1. The van der Waals surface area contributed by atoms with E-state index in [4.69, 9.17) is 14.6 Å². The van der Waals surface area contributed by atoms with Gasteiger partial charge in [0.25, 0.3) is 0 Å². The lowest BCUT2D eigenvalue weighted by atomic mass is 9.64. The highest BCUT2D eigenvalue weighted by atomic mass is 16.6. The highest BCUT2D eigenvalue weighted by Gasteiger charge is 2.61. The highest BCUT2D eigenvalue weighted by Crippen LogP contribution is 2.52. The Kier molecular flexibility index (Phi) is 3.71. The summed E-state index contributed by atoms with van der Waals surface area (Å²) in [6.45, 7) is 6.12. The predicted molar refractivity (Wildman–Crippen MR) is 71.4 cm³/mol. The molecule has 2 rings (SSSR count). The van der Waals surface area contributed by atoms with Crippen LogP contribution in [0.2, 0.25) is 0 Å². The minimum Gasteiger partial charge on any atom is -0.481 e. The van der Waals surface area contributed by atoms with Crippen LogP contribution in [-0.2, 0) is 14.3 Å². The van der Waals surface area contributed by atoms with Crippen LogP contribution in [0, 0.1) is 5.92 Å². The third kappa shape index (κ3) is 2.61. The van der Waals surface area contributed by atoms with Gasteiger partial charge in [0.05, 0.1) is 12.0 Å². The van der Waals surface area contributed by atoms with Gasteiger partial charge in [0, 0.05) is 25.6 Å². The van der Waals surface area contributed by atoms with E-state index >= 15 is 0 Å². The van der Waals surface area contributed by atoms with Crippen molar-refractivity contribution in [3.05, 3.63) is 0 Å². The van der Waals surface area contributed by atoms with E-state index in [0.29, 0.717) is 13.0 Å². The summed E-state index contributed by atoms with van der Waals surface area (Å²) >= 11 is 0. The van der Waals surface area contributed by atoms with Gasteiger partial charge in [-0.15, -0.1) is 0 Å². The van der Waals surface area contributed by atoms with E-state index in [1.54, 1.807) is 12.0 Å².